The molecule has 0 heterocycles. The highest BCUT2D eigenvalue weighted by Crippen LogP contribution is 2.48. The molecule has 0 aromatic heterocycles. The summed E-state index contributed by atoms with van der Waals surface area (Å²) < 4.78 is 29.1. The summed E-state index contributed by atoms with van der Waals surface area (Å²) in [5.74, 6) is 0.328. The molecule has 0 unspecified atom stereocenters. The minimum absolute atomic E-state index is 0.162. The van der Waals surface area contributed by atoms with Gasteiger partial charge in [0, 0.05) is 0 Å². The molecule has 1 aromatic rings. The summed E-state index contributed by atoms with van der Waals surface area (Å²) in [6, 6.07) is 5.42. The standard InChI is InChI=1S/C13H15NO3S/c1-9-6-10(2)12(11(7-9)17-3)18(15,16)13(8-14)4-5-13/h6-7H,4-5H2,1-3H3. The smallest absolute Gasteiger partial charge is 0.201 e. The van der Waals surface area contributed by atoms with E-state index >= 15 is 0 Å². The van der Waals surface area contributed by atoms with Crippen molar-refractivity contribution in [3.63, 3.8) is 0 Å². The summed E-state index contributed by atoms with van der Waals surface area (Å²) in [5, 5.41) is 9.09. The van der Waals surface area contributed by atoms with Crippen molar-refractivity contribution >= 4 is 9.84 Å². The van der Waals surface area contributed by atoms with E-state index in [4.69, 9.17) is 10.00 Å². The quantitative estimate of drug-likeness (QED) is 0.839. The van der Waals surface area contributed by atoms with E-state index in [1.165, 1.54) is 7.11 Å². The van der Waals surface area contributed by atoms with E-state index in [2.05, 4.69) is 0 Å². The summed E-state index contributed by atoms with van der Waals surface area (Å²) in [6.07, 6.45) is 0.810. The average Bonchev–Trinajstić information content (AvgIpc) is 3.08. The number of aryl methyl sites for hydroxylation is 2. The maximum atomic E-state index is 12.6. The van der Waals surface area contributed by atoms with Crippen molar-refractivity contribution in [3.05, 3.63) is 23.3 Å². The van der Waals surface area contributed by atoms with Crippen molar-refractivity contribution in [2.24, 2.45) is 0 Å². The van der Waals surface area contributed by atoms with Crippen molar-refractivity contribution in [2.75, 3.05) is 7.11 Å². The van der Waals surface area contributed by atoms with Crippen LogP contribution in [0.25, 0.3) is 0 Å². The van der Waals surface area contributed by atoms with Gasteiger partial charge in [-0.05, 0) is 43.9 Å². The number of rotatable bonds is 3. The van der Waals surface area contributed by atoms with Gasteiger partial charge in [-0.3, -0.25) is 0 Å². The van der Waals surface area contributed by atoms with E-state index in [1.54, 1.807) is 19.1 Å². The SMILES string of the molecule is COc1cc(C)cc(C)c1S(=O)(=O)C1(C#N)CC1. The predicted molar refractivity (Wildman–Crippen MR) is 67.2 cm³/mol. The Kier molecular flexibility index (Phi) is 2.86. The maximum absolute atomic E-state index is 12.6. The number of nitriles is 1. The molecule has 1 saturated carbocycles. The maximum Gasteiger partial charge on any atom is 0.201 e. The van der Waals surface area contributed by atoms with Crippen molar-refractivity contribution in [3.8, 4) is 11.8 Å². The number of benzene rings is 1. The molecule has 0 saturated heterocycles. The van der Waals surface area contributed by atoms with Crippen molar-refractivity contribution in [1.29, 1.82) is 5.26 Å². The molecule has 96 valence electrons. The molecule has 4 nitrogen and oxygen atoms in total. The van der Waals surface area contributed by atoms with Crippen LogP contribution in [-0.4, -0.2) is 20.3 Å². The Bertz CT molecular complexity index is 637. The average molecular weight is 265 g/mol. The second-order valence-electron chi connectivity index (χ2n) is 4.72. The molecule has 0 spiro atoms. The third-order valence-corrected chi connectivity index (χ3v) is 5.88. The summed E-state index contributed by atoms with van der Waals surface area (Å²) in [6.45, 7) is 3.61. The van der Waals surface area contributed by atoms with Gasteiger partial charge in [-0.25, -0.2) is 8.42 Å². The fourth-order valence-electron chi connectivity index (χ4n) is 2.16. The lowest BCUT2D eigenvalue weighted by Crippen LogP contribution is -2.22. The molecular formula is C13H15NO3S. The first-order valence-electron chi connectivity index (χ1n) is 5.69. The van der Waals surface area contributed by atoms with Gasteiger partial charge in [0.25, 0.3) is 0 Å². The zero-order valence-corrected chi connectivity index (χ0v) is 11.5. The van der Waals surface area contributed by atoms with Gasteiger partial charge in [0.15, 0.2) is 4.75 Å². The van der Waals surface area contributed by atoms with E-state index in [0.717, 1.165) is 5.56 Å². The van der Waals surface area contributed by atoms with E-state index in [-0.39, 0.29) is 4.90 Å². The molecule has 1 aliphatic rings. The third-order valence-electron chi connectivity index (χ3n) is 3.30. The second kappa shape index (κ2) is 3.99. The third kappa shape index (κ3) is 1.68. The Morgan fingerprint density at radius 2 is 1.94 bits per heavy atom. The number of sulfone groups is 1. The lowest BCUT2D eigenvalue weighted by molar-refractivity contribution is 0.401. The number of hydrogen-bond acceptors (Lipinski definition) is 4. The molecule has 0 atom stereocenters. The van der Waals surface area contributed by atoms with Gasteiger partial charge in [-0.1, -0.05) is 6.07 Å². The summed E-state index contributed by atoms with van der Waals surface area (Å²) >= 11 is 0. The highest BCUT2D eigenvalue weighted by atomic mass is 32.2. The van der Waals surface area contributed by atoms with Crippen molar-refractivity contribution in [1.82, 2.24) is 0 Å². The first-order valence-corrected chi connectivity index (χ1v) is 7.17. The Labute approximate surface area is 107 Å². The molecular weight excluding hydrogens is 250 g/mol. The van der Waals surface area contributed by atoms with Crippen LogP contribution in [0, 0.1) is 25.2 Å². The fraction of sp³-hybridized carbons (Fsp3) is 0.462. The zero-order chi connectivity index (χ0) is 13.6. The normalized spacial score (nSPS) is 17.0. The van der Waals surface area contributed by atoms with Gasteiger partial charge in [0.2, 0.25) is 9.84 Å². The number of hydrogen-bond donors (Lipinski definition) is 0. The lowest BCUT2D eigenvalue weighted by atomic mass is 10.1. The summed E-state index contributed by atoms with van der Waals surface area (Å²) in [5.41, 5.74) is 1.57. The number of methoxy groups -OCH3 is 1. The Hall–Kier alpha value is -1.54. The monoisotopic (exact) mass is 265 g/mol. The minimum atomic E-state index is -3.65. The molecule has 0 bridgehead atoms. The van der Waals surface area contributed by atoms with Crippen molar-refractivity contribution < 1.29 is 13.2 Å². The van der Waals surface area contributed by atoms with E-state index in [0.29, 0.717) is 24.2 Å². The topological polar surface area (TPSA) is 67.2 Å². The molecule has 0 N–H and O–H groups in total. The molecule has 1 fully saturated rings. The lowest BCUT2D eigenvalue weighted by Gasteiger charge is -2.15. The van der Waals surface area contributed by atoms with Gasteiger partial charge in [0.05, 0.1) is 13.2 Å². The fourth-order valence-corrected chi connectivity index (χ4v) is 4.20. The van der Waals surface area contributed by atoms with E-state index in [9.17, 15) is 8.42 Å². The van der Waals surface area contributed by atoms with Gasteiger partial charge in [-0.2, -0.15) is 5.26 Å². The summed E-state index contributed by atoms with van der Waals surface area (Å²) in [7, 11) is -2.21. The molecule has 1 aliphatic carbocycles. The minimum Gasteiger partial charge on any atom is -0.495 e. The van der Waals surface area contributed by atoms with Gasteiger partial charge < -0.3 is 4.74 Å². The number of ether oxygens (including phenoxy) is 1. The van der Waals surface area contributed by atoms with Crippen LogP contribution in [0.4, 0.5) is 0 Å². The van der Waals surface area contributed by atoms with Crippen LogP contribution in [0.1, 0.15) is 24.0 Å². The van der Waals surface area contributed by atoms with E-state index < -0.39 is 14.6 Å². The Balaban J connectivity index is 2.70. The highest BCUT2D eigenvalue weighted by Gasteiger charge is 2.57. The molecule has 18 heavy (non-hydrogen) atoms. The van der Waals surface area contributed by atoms with Crippen LogP contribution in [0.2, 0.25) is 0 Å². The molecule has 0 amide bonds. The predicted octanol–water partition coefficient (Wildman–Crippen LogP) is 2.14. The van der Waals surface area contributed by atoms with Gasteiger partial charge >= 0.3 is 0 Å². The first-order chi connectivity index (χ1) is 8.38. The van der Waals surface area contributed by atoms with Gasteiger partial charge in [0.1, 0.15) is 10.6 Å². The molecule has 0 aliphatic heterocycles. The molecule has 2 rings (SSSR count). The molecule has 1 aromatic carbocycles. The molecule has 5 heteroatoms. The highest BCUT2D eigenvalue weighted by molar-refractivity contribution is 7.93. The second-order valence-corrected chi connectivity index (χ2v) is 6.92. The van der Waals surface area contributed by atoms with Crippen LogP contribution in [0.3, 0.4) is 0 Å². The largest absolute Gasteiger partial charge is 0.495 e. The van der Waals surface area contributed by atoms with Crippen LogP contribution in [0.5, 0.6) is 5.75 Å². The van der Waals surface area contributed by atoms with Crippen molar-refractivity contribution in [2.45, 2.75) is 36.3 Å². The van der Waals surface area contributed by atoms with E-state index in [1.807, 2.05) is 13.0 Å². The van der Waals surface area contributed by atoms with Crippen LogP contribution < -0.4 is 4.74 Å². The summed E-state index contributed by atoms with van der Waals surface area (Å²) in [4.78, 5) is 0.162. The molecule has 0 radical (unpaired) electrons. The number of nitrogens with zero attached hydrogens (tertiary/aromatic N) is 1. The van der Waals surface area contributed by atoms with Crippen LogP contribution in [-0.2, 0) is 9.84 Å². The Morgan fingerprint density at radius 1 is 1.33 bits per heavy atom. The zero-order valence-electron chi connectivity index (χ0n) is 10.6. The van der Waals surface area contributed by atoms with Crippen LogP contribution in [0.15, 0.2) is 17.0 Å². The van der Waals surface area contributed by atoms with Crippen LogP contribution >= 0.6 is 0 Å². The van der Waals surface area contributed by atoms with Gasteiger partial charge in [-0.15, -0.1) is 0 Å². The Morgan fingerprint density at radius 3 is 2.39 bits per heavy atom. The first kappa shape index (κ1) is 12.9.